The van der Waals surface area contributed by atoms with Crippen LogP contribution in [0.5, 0.6) is 0 Å². The number of benzene rings is 2. The zero-order valence-corrected chi connectivity index (χ0v) is 17.4. The van der Waals surface area contributed by atoms with Gasteiger partial charge in [-0.15, -0.1) is 0 Å². The van der Waals surface area contributed by atoms with E-state index in [1.165, 1.54) is 7.11 Å². The number of Topliss-reactive ketones (excluding diaryl/α,β-unsaturated/α-hetero) is 1. The number of imidazole rings is 1. The quantitative estimate of drug-likeness (QED) is 0.376. The van der Waals surface area contributed by atoms with Crippen LogP contribution in [0.1, 0.15) is 40.0 Å². The molecule has 0 aliphatic rings. The van der Waals surface area contributed by atoms with E-state index in [1.807, 2.05) is 30.3 Å². The zero-order valence-electron chi connectivity index (χ0n) is 15.1. The number of hydrogen-bond acceptors (Lipinski definition) is 4. The monoisotopic (exact) mass is 432 g/mol. The standard InChI is InChI=1S/C21H18Cl2N2O2S/c1-27-21(28)16(13-5-3-2-4-6-13)12-17(20-24-9-10-25-20)19(26)15-8-7-14(22)11-18(15)23/h2-11,16-17H,12H2,1H3,(H,24,25). The smallest absolute Gasteiger partial charge is 0.174 e. The van der Waals surface area contributed by atoms with Gasteiger partial charge in [0, 0.05) is 23.0 Å². The van der Waals surface area contributed by atoms with Gasteiger partial charge in [0.05, 0.1) is 24.0 Å². The molecule has 2 atom stereocenters. The Bertz CT molecular complexity index is 962. The fourth-order valence-corrected chi connectivity index (χ4v) is 3.85. The van der Waals surface area contributed by atoms with Crippen molar-refractivity contribution in [2.24, 2.45) is 0 Å². The number of ether oxygens (including phenoxy) is 1. The maximum Gasteiger partial charge on any atom is 0.174 e. The van der Waals surface area contributed by atoms with Crippen LogP contribution in [0, 0.1) is 0 Å². The van der Waals surface area contributed by atoms with Crippen molar-refractivity contribution in [1.82, 2.24) is 9.97 Å². The molecule has 0 saturated carbocycles. The Hall–Kier alpha value is -2.21. The summed E-state index contributed by atoms with van der Waals surface area (Å²) in [6.07, 6.45) is 3.69. The number of aromatic amines is 1. The van der Waals surface area contributed by atoms with Gasteiger partial charge in [-0.2, -0.15) is 0 Å². The van der Waals surface area contributed by atoms with E-state index in [0.29, 0.717) is 32.9 Å². The van der Waals surface area contributed by atoms with Crippen molar-refractivity contribution in [3.05, 3.63) is 87.9 Å². The van der Waals surface area contributed by atoms with E-state index in [-0.39, 0.29) is 11.7 Å². The highest BCUT2D eigenvalue weighted by molar-refractivity contribution is 7.80. The summed E-state index contributed by atoms with van der Waals surface area (Å²) in [5.74, 6) is -0.439. The number of methoxy groups -OCH3 is 1. The number of hydrogen-bond donors (Lipinski definition) is 1. The first-order valence-corrected chi connectivity index (χ1v) is 9.79. The summed E-state index contributed by atoms with van der Waals surface area (Å²) in [5, 5.41) is 1.19. The van der Waals surface area contributed by atoms with Gasteiger partial charge in [-0.05, 0) is 42.4 Å². The molecule has 0 aliphatic heterocycles. The van der Waals surface area contributed by atoms with Gasteiger partial charge in [0.25, 0.3) is 0 Å². The molecule has 3 rings (SSSR count). The molecule has 0 radical (unpaired) electrons. The first kappa shape index (κ1) is 20.5. The number of nitrogens with zero attached hydrogens (tertiary/aromatic N) is 1. The molecule has 7 heteroatoms. The molecule has 0 spiro atoms. The van der Waals surface area contributed by atoms with Crippen molar-refractivity contribution in [3.8, 4) is 0 Å². The number of carbonyl (C=O) groups excluding carboxylic acids is 1. The van der Waals surface area contributed by atoms with Crippen molar-refractivity contribution in [3.63, 3.8) is 0 Å². The third kappa shape index (κ3) is 4.61. The van der Waals surface area contributed by atoms with E-state index in [1.54, 1.807) is 30.6 Å². The van der Waals surface area contributed by atoms with Gasteiger partial charge in [0.15, 0.2) is 10.8 Å². The number of H-pyrrole nitrogens is 1. The summed E-state index contributed by atoms with van der Waals surface area (Å²) in [6, 6.07) is 14.6. The molecule has 0 bridgehead atoms. The second-order valence-corrected chi connectivity index (χ2v) is 7.48. The highest BCUT2D eigenvalue weighted by Gasteiger charge is 2.31. The average molecular weight is 433 g/mol. The summed E-state index contributed by atoms with van der Waals surface area (Å²) >= 11 is 17.7. The second kappa shape index (κ2) is 9.32. The van der Waals surface area contributed by atoms with Crippen LogP contribution in [0.2, 0.25) is 10.0 Å². The van der Waals surface area contributed by atoms with Crippen molar-refractivity contribution in [2.75, 3.05) is 7.11 Å². The van der Waals surface area contributed by atoms with E-state index < -0.39 is 5.92 Å². The molecular weight excluding hydrogens is 415 g/mol. The number of rotatable bonds is 7. The lowest BCUT2D eigenvalue weighted by molar-refractivity contribution is 0.0950. The molecule has 0 saturated heterocycles. The van der Waals surface area contributed by atoms with Crippen molar-refractivity contribution >= 4 is 46.3 Å². The maximum atomic E-state index is 13.4. The predicted molar refractivity (Wildman–Crippen MR) is 116 cm³/mol. The van der Waals surface area contributed by atoms with Crippen molar-refractivity contribution in [1.29, 1.82) is 0 Å². The lowest BCUT2D eigenvalue weighted by atomic mass is 9.84. The third-order valence-corrected chi connectivity index (χ3v) is 5.52. The van der Waals surface area contributed by atoms with E-state index in [9.17, 15) is 4.79 Å². The minimum Gasteiger partial charge on any atom is -0.490 e. The van der Waals surface area contributed by atoms with Gasteiger partial charge in [-0.1, -0.05) is 53.5 Å². The van der Waals surface area contributed by atoms with E-state index in [2.05, 4.69) is 9.97 Å². The lowest BCUT2D eigenvalue weighted by Crippen LogP contribution is -2.22. The Morgan fingerprint density at radius 3 is 2.54 bits per heavy atom. The first-order chi connectivity index (χ1) is 13.5. The van der Waals surface area contributed by atoms with Gasteiger partial charge < -0.3 is 9.72 Å². The number of aromatic nitrogens is 2. The van der Waals surface area contributed by atoms with Crippen LogP contribution in [0.3, 0.4) is 0 Å². The average Bonchev–Trinajstić information content (AvgIpc) is 3.23. The number of thiocarbonyl (C=S) groups is 1. The van der Waals surface area contributed by atoms with Gasteiger partial charge >= 0.3 is 0 Å². The zero-order chi connectivity index (χ0) is 20.1. The summed E-state index contributed by atoms with van der Waals surface area (Å²) in [5.41, 5.74) is 1.36. The molecule has 28 heavy (non-hydrogen) atoms. The van der Waals surface area contributed by atoms with Crippen LogP contribution in [-0.4, -0.2) is 27.9 Å². The number of carbonyl (C=O) groups is 1. The van der Waals surface area contributed by atoms with Crippen molar-refractivity contribution in [2.45, 2.75) is 18.3 Å². The number of ketones is 1. The molecule has 4 nitrogen and oxygen atoms in total. The largest absolute Gasteiger partial charge is 0.490 e. The number of halogens is 2. The molecule has 0 fully saturated rings. The van der Waals surface area contributed by atoms with Gasteiger partial charge in [0.2, 0.25) is 0 Å². The molecule has 3 aromatic rings. The molecular formula is C21H18Cl2N2O2S. The Morgan fingerprint density at radius 1 is 1.18 bits per heavy atom. The van der Waals surface area contributed by atoms with Crippen LogP contribution < -0.4 is 0 Å². The minimum absolute atomic E-state index is 0.156. The van der Waals surface area contributed by atoms with Crippen molar-refractivity contribution < 1.29 is 9.53 Å². The molecule has 1 aromatic heterocycles. The molecule has 144 valence electrons. The Kier molecular flexibility index (Phi) is 6.83. The summed E-state index contributed by atoms with van der Waals surface area (Å²) in [7, 11) is 1.54. The van der Waals surface area contributed by atoms with Gasteiger partial charge in [-0.25, -0.2) is 4.98 Å². The Balaban J connectivity index is 2.00. The van der Waals surface area contributed by atoms with E-state index in [0.717, 1.165) is 5.56 Å². The van der Waals surface area contributed by atoms with Crippen LogP contribution in [0.4, 0.5) is 0 Å². The molecule has 0 amide bonds. The third-order valence-electron chi connectivity index (χ3n) is 4.52. The number of nitrogens with one attached hydrogen (secondary N) is 1. The SMILES string of the molecule is COC(=S)C(CC(C(=O)c1ccc(Cl)cc1Cl)c1ncc[nH]1)c1ccccc1. The van der Waals surface area contributed by atoms with Crippen LogP contribution >= 0.6 is 35.4 Å². The maximum absolute atomic E-state index is 13.4. The normalized spacial score (nSPS) is 13.0. The first-order valence-electron chi connectivity index (χ1n) is 8.62. The predicted octanol–water partition coefficient (Wildman–Crippen LogP) is 5.83. The van der Waals surface area contributed by atoms with Gasteiger partial charge in [-0.3, -0.25) is 4.79 Å². The van der Waals surface area contributed by atoms with E-state index in [4.69, 9.17) is 40.2 Å². The molecule has 1 heterocycles. The summed E-state index contributed by atoms with van der Waals surface area (Å²) in [6.45, 7) is 0. The fraction of sp³-hybridized carbons (Fsp3) is 0.190. The Labute approximate surface area is 178 Å². The minimum atomic E-state index is -0.577. The Morgan fingerprint density at radius 2 is 1.93 bits per heavy atom. The highest BCUT2D eigenvalue weighted by atomic mass is 35.5. The molecule has 1 N–H and O–H groups in total. The summed E-state index contributed by atoms with van der Waals surface area (Å²) < 4.78 is 5.36. The van der Waals surface area contributed by atoms with Crippen LogP contribution in [0.15, 0.2) is 60.9 Å². The molecule has 2 unspecified atom stereocenters. The summed E-state index contributed by atoms with van der Waals surface area (Å²) in [4.78, 5) is 20.7. The highest BCUT2D eigenvalue weighted by Crippen LogP contribution is 2.34. The van der Waals surface area contributed by atoms with Crippen LogP contribution in [-0.2, 0) is 4.74 Å². The fourth-order valence-electron chi connectivity index (χ4n) is 3.12. The molecule has 0 aliphatic carbocycles. The van der Waals surface area contributed by atoms with Crippen LogP contribution in [0.25, 0.3) is 0 Å². The topological polar surface area (TPSA) is 55.0 Å². The lowest BCUT2D eigenvalue weighted by Gasteiger charge is -2.22. The van der Waals surface area contributed by atoms with E-state index >= 15 is 0 Å². The second-order valence-electron chi connectivity index (χ2n) is 6.24. The molecule has 2 aromatic carbocycles. The van der Waals surface area contributed by atoms with Gasteiger partial charge in [0.1, 0.15) is 5.82 Å².